The lowest BCUT2D eigenvalue weighted by Crippen LogP contribution is -2.14. The first kappa shape index (κ1) is 10.8. The van der Waals surface area contributed by atoms with Crippen molar-refractivity contribution in [2.45, 2.75) is 6.92 Å². The van der Waals surface area contributed by atoms with Gasteiger partial charge < -0.3 is 9.47 Å². The van der Waals surface area contributed by atoms with E-state index in [2.05, 4.69) is 15.5 Å². The van der Waals surface area contributed by atoms with Crippen molar-refractivity contribution >= 4 is 27.7 Å². The molecule has 16 heavy (non-hydrogen) atoms. The number of esters is 1. The fourth-order valence-electron chi connectivity index (χ4n) is 1.11. The molecule has 1 radical (unpaired) electrons. The molecule has 6 heteroatoms. The summed E-state index contributed by atoms with van der Waals surface area (Å²) in [4.78, 5) is 19.9. The highest BCUT2D eigenvalue weighted by Crippen LogP contribution is 2.18. The van der Waals surface area contributed by atoms with Crippen LogP contribution in [0.5, 0.6) is 5.88 Å². The summed E-state index contributed by atoms with van der Waals surface area (Å²) in [5.41, 5.74) is 3.50. The number of carbonyl (C=O) groups excluding carboxylic acids is 1. The molecular weight excluding hydrogens is 228 g/mol. The highest BCUT2D eigenvalue weighted by atomic mass is 32.1. The van der Waals surface area contributed by atoms with Gasteiger partial charge in [0.25, 0.3) is 0 Å². The Hall–Kier alpha value is -1.69. The summed E-state index contributed by atoms with van der Waals surface area (Å²) < 4.78 is 9.91. The minimum atomic E-state index is -0.403. The Balaban J connectivity index is 2.01. The summed E-state index contributed by atoms with van der Waals surface area (Å²) in [7, 11) is 0. The van der Waals surface area contributed by atoms with Crippen LogP contribution >= 0.6 is 11.3 Å². The Bertz CT molecular complexity index is 498. The van der Waals surface area contributed by atoms with E-state index < -0.39 is 5.97 Å². The molecule has 0 aliphatic carbocycles. The van der Waals surface area contributed by atoms with E-state index in [9.17, 15) is 4.79 Å². The molecule has 0 fully saturated rings. The predicted molar refractivity (Wildman–Crippen MR) is 58.4 cm³/mol. The molecule has 0 bridgehead atoms. The van der Waals surface area contributed by atoms with Crippen molar-refractivity contribution in [2.75, 3.05) is 13.2 Å². The van der Waals surface area contributed by atoms with Gasteiger partial charge in [-0.2, -0.15) is 0 Å². The van der Waals surface area contributed by atoms with Gasteiger partial charge in [0.2, 0.25) is 5.88 Å². The molecule has 2 aromatic rings. The highest BCUT2D eigenvalue weighted by Gasteiger charge is 2.05. The van der Waals surface area contributed by atoms with Crippen LogP contribution in [0.15, 0.2) is 12.1 Å². The van der Waals surface area contributed by atoms with E-state index in [0.717, 1.165) is 10.3 Å². The Morgan fingerprint density at radius 2 is 2.44 bits per heavy atom. The molecule has 0 unspecified atom stereocenters. The van der Waals surface area contributed by atoms with E-state index >= 15 is 0 Å². The number of fused-ring (bicyclic) bond motifs is 1. The quantitative estimate of drug-likeness (QED) is 0.753. The van der Waals surface area contributed by atoms with Crippen LogP contribution in [0.4, 0.5) is 0 Å². The van der Waals surface area contributed by atoms with Gasteiger partial charge in [0.1, 0.15) is 10.3 Å². The van der Waals surface area contributed by atoms with E-state index in [1.165, 1.54) is 11.3 Å². The van der Waals surface area contributed by atoms with Crippen LogP contribution in [0.1, 0.15) is 6.92 Å². The van der Waals surface area contributed by atoms with Crippen LogP contribution in [0, 0.1) is 5.51 Å². The molecule has 0 saturated carbocycles. The van der Waals surface area contributed by atoms with Gasteiger partial charge in [0.15, 0.2) is 12.1 Å². The Morgan fingerprint density at radius 1 is 1.56 bits per heavy atom. The number of nitrogens with zero attached hydrogens (tertiary/aromatic N) is 2. The SMILES string of the molecule is CCOC(=O)COc1ccc2n[c]sc2n1. The number of aromatic nitrogens is 2. The number of hydrogen-bond donors (Lipinski definition) is 0. The maximum atomic E-state index is 11.0. The van der Waals surface area contributed by atoms with Crippen molar-refractivity contribution in [1.29, 1.82) is 0 Å². The maximum absolute atomic E-state index is 11.0. The third kappa shape index (κ3) is 2.46. The normalized spacial score (nSPS) is 10.3. The zero-order chi connectivity index (χ0) is 11.4. The lowest BCUT2D eigenvalue weighted by atomic mass is 10.4. The van der Waals surface area contributed by atoms with Crippen molar-refractivity contribution < 1.29 is 14.3 Å². The van der Waals surface area contributed by atoms with Gasteiger partial charge >= 0.3 is 5.97 Å². The summed E-state index contributed by atoms with van der Waals surface area (Å²) in [5, 5.41) is 0. The summed E-state index contributed by atoms with van der Waals surface area (Å²) in [6.45, 7) is 1.96. The maximum Gasteiger partial charge on any atom is 0.344 e. The molecule has 2 rings (SSSR count). The monoisotopic (exact) mass is 237 g/mol. The zero-order valence-electron chi connectivity index (χ0n) is 8.60. The minimum absolute atomic E-state index is 0.130. The molecule has 0 aliphatic heterocycles. The molecule has 0 aliphatic rings. The molecule has 2 heterocycles. The molecular formula is C10H9N2O3S. The summed E-state index contributed by atoms with van der Waals surface area (Å²) in [6.07, 6.45) is 0. The van der Waals surface area contributed by atoms with Gasteiger partial charge in [-0.1, -0.05) is 11.3 Å². The van der Waals surface area contributed by atoms with Gasteiger partial charge in [-0.15, -0.1) is 0 Å². The van der Waals surface area contributed by atoms with Gasteiger partial charge in [0.05, 0.1) is 6.61 Å². The van der Waals surface area contributed by atoms with Crippen LogP contribution < -0.4 is 4.74 Å². The Kier molecular flexibility index (Phi) is 3.31. The molecule has 0 amide bonds. The average Bonchev–Trinajstić information content (AvgIpc) is 2.74. The standard InChI is InChI=1S/C10H9N2O3S/c1-2-14-9(13)5-15-8-4-3-7-10(12-8)16-6-11-7/h3-4H,2,5H2,1H3. The average molecular weight is 237 g/mol. The lowest BCUT2D eigenvalue weighted by Gasteiger charge is -2.04. The van der Waals surface area contributed by atoms with Crippen molar-refractivity contribution in [3.8, 4) is 5.88 Å². The second kappa shape index (κ2) is 4.89. The van der Waals surface area contributed by atoms with Crippen molar-refractivity contribution in [2.24, 2.45) is 0 Å². The smallest absolute Gasteiger partial charge is 0.344 e. The van der Waals surface area contributed by atoms with E-state index in [4.69, 9.17) is 9.47 Å². The molecule has 0 saturated heterocycles. The zero-order valence-corrected chi connectivity index (χ0v) is 9.41. The number of ether oxygens (including phenoxy) is 2. The van der Waals surface area contributed by atoms with Crippen LogP contribution in [-0.4, -0.2) is 29.2 Å². The molecule has 0 N–H and O–H groups in total. The van der Waals surface area contributed by atoms with Gasteiger partial charge in [0, 0.05) is 6.07 Å². The second-order valence-corrected chi connectivity index (χ2v) is 3.65. The number of pyridine rings is 1. The Labute approximate surface area is 96.0 Å². The van der Waals surface area contributed by atoms with Gasteiger partial charge in [-0.05, 0) is 13.0 Å². The van der Waals surface area contributed by atoms with Gasteiger partial charge in [-0.3, -0.25) is 0 Å². The lowest BCUT2D eigenvalue weighted by molar-refractivity contribution is -0.145. The number of hydrogen-bond acceptors (Lipinski definition) is 6. The van der Waals surface area contributed by atoms with E-state index in [1.807, 2.05) is 0 Å². The van der Waals surface area contributed by atoms with Crippen LogP contribution in [0.3, 0.4) is 0 Å². The Morgan fingerprint density at radius 3 is 3.25 bits per heavy atom. The van der Waals surface area contributed by atoms with E-state index in [-0.39, 0.29) is 6.61 Å². The fourth-order valence-corrected chi connectivity index (χ4v) is 1.69. The predicted octanol–water partition coefficient (Wildman–Crippen LogP) is 1.43. The first-order valence-corrected chi connectivity index (χ1v) is 5.53. The second-order valence-electron chi connectivity index (χ2n) is 2.87. The largest absolute Gasteiger partial charge is 0.466 e. The summed E-state index contributed by atoms with van der Waals surface area (Å²) in [6, 6.07) is 3.44. The van der Waals surface area contributed by atoms with Crippen LogP contribution in [-0.2, 0) is 9.53 Å². The third-order valence-corrected chi connectivity index (χ3v) is 2.44. The first-order valence-electron chi connectivity index (χ1n) is 4.71. The highest BCUT2D eigenvalue weighted by molar-refractivity contribution is 7.15. The molecule has 0 atom stereocenters. The van der Waals surface area contributed by atoms with E-state index in [0.29, 0.717) is 12.5 Å². The van der Waals surface area contributed by atoms with Crippen molar-refractivity contribution in [3.63, 3.8) is 0 Å². The summed E-state index contributed by atoms with van der Waals surface area (Å²) >= 11 is 1.30. The fraction of sp³-hybridized carbons (Fsp3) is 0.300. The number of thiazole rings is 1. The molecule has 0 aromatic carbocycles. The molecule has 0 spiro atoms. The van der Waals surface area contributed by atoms with Gasteiger partial charge in [-0.25, -0.2) is 14.8 Å². The molecule has 5 nitrogen and oxygen atoms in total. The van der Waals surface area contributed by atoms with Crippen molar-refractivity contribution in [1.82, 2.24) is 9.97 Å². The van der Waals surface area contributed by atoms with Crippen LogP contribution in [0.2, 0.25) is 0 Å². The minimum Gasteiger partial charge on any atom is -0.466 e. The topological polar surface area (TPSA) is 61.3 Å². The van der Waals surface area contributed by atoms with E-state index in [1.54, 1.807) is 19.1 Å². The molecule has 83 valence electrons. The van der Waals surface area contributed by atoms with Crippen LogP contribution in [0.25, 0.3) is 10.3 Å². The first-order chi connectivity index (χ1) is 7.79. The number of rotatable bonds is 4. The van der Waals surface area contributed by atoms with Crippen molar-refractivity contribution in [3.05, 3.63) is 17.6 Å². The molecule has 2 aromatic heterocycles. The summed E-state index contributed by atoms with van der Waals surface area (Å²) in [5.74, 6) is -0.0153. The number of carbonyl (C=O) groups is 1. The third-order valence-electron chi connectivity index (χ3n) is 1.77.